The van der Waals surface area contributed by atoms with E-state index in [2.05, 4.69) is 5.32 Å². The molecule has 168 valence electrons. The summed E-state index contributed by atoms with van der Waals surface area (Å²) in [4.78, 5) is 18.9. The van der Waals surface area contributed by atoms with E-state index in [1.165, 1.54) is 6.07 Å². The monoisotopic (exact) mass is 441 g/mol. The number of imidazole rings is 1. The number of methoxy groups -OCH3 is 1. The number of hydrogen-bond acceptors (Lipinski definition) is 5. The van der Waals surface area contributed by atoms with Crippen LogP contribution in [0.2, 0.25) is 0 Å². The van der Waals surface area contributed by atoms with Crippen molar-refractivity contribution in [2.45, 2.75) is 25.9 Å². The van der Waals surface area contributed by atoms with Gasteiger partial charge in [-0.25, -0.2) is 13.8 Å². The molecule has 0 radical (unpaired) electrons. The fraction of sp³-hybridized carbons (Fsp3) is 0.304. The number of amides is 1. The van der Waals surface area contributed by atoms with Gasteiger partial charge in [-0.05, 0) is 56.3 Å². The Labute approximate surface area is 184 Å². The molecule has 0 saturated heterocycles. The van der Waals surface area contributed by atoms with Crippen molar-refractivity contribution < 1.29 is 18.3 Å². The Hall–Kier alpha value is -3.46. The Kier molecular flexibility index (Phi) is 5.60. The number of benzene rings is 2. The topological polar surface area (TPSA) is 85.4 Å². The minimum absolute atomic E-state index is 0.100. The van der Waals surface area contributed by atoms with Gasteiger partial charge in [-0.15, -0.1) is 0 Å². The fourth-order valence-corrected chi connectivity index (χ4v) is 4.07. The number of fused-ring (bicyclic) bond motifs is 1. The summed E-state index contributed by atoms with van der Waals surface area (Å²) in [5.41, 5.74) is 6.52. The number of nitrogens with two attached hydrogens (primary N) is 1. The Morgan fingerprint density at radius 3 is 2.50 bits per heavy atom. The van der Waals surface area contributed by atoms with Crippen molar-refractivity contribution in [1.29, 1.82) is 0 Å². The minimum Gasteiger partial charge on any atom is -0.497 e. The molecule has 0 spiro atoms. The van der Waals surface area contributed by atoms with E-state index in [0.29, 0.717) is 41.7 Å². The fourth-order valence-electron chi connectivity index (χ4n) is 4.07. The molecule has 1 aliphatic heterocycles. The molecule has 0 aliphatic carbocycles. The number of carbonyl (C=O) groups excluding carboxylic acids is 1. The Morgan fingerprint density at radius 2 is 1.88 bits per heavy atom. The average Bonchev–Trinajstić information content (AvgIpc) is 3.15. The molecule has 3 aromatic rings. The molecule has 1 aromatic heterocycles. The molecule has 9 heteroatoms. The van der Waals surface area contributed by atoms with Crippen molar-refractivity contribution in [3.8, 4) is 17.0 Å². The summed E-state index contributed by atoms with van der Waals surface area (Å²) in [6.07, 6.45) is 0. The second kappa shape index (κ2) is 8.23. The molecule has 2 heterocycles. The van der Waals surface area contributed by atoms with Crippen molar-refractivity contribution >= 4 is 17.4 Å². The lowest BCUT2D eigenvalue weighted by Gasteiger charge is -2.42. The van der Waals surface area contributed by atoms with Crippen molar-refractivity contribution in [1.82, 2.24) is 14.5 Å². The molecule has 2 aromatic carbocycles. The molecule has 1 aliphatic rings. The van der Waals surface area contributed by atoms with E-state index in [4.69, 9.17) is 15.5 Å². The predicted molar refractivity (Wildman–Crippen MR) is 118 cm³/mol. The highest BCUT2D eigenvalue weighted by Gasteiger charge is 2.41. The second-order valence-corrected chi connectivity index (χ2v) is 8.08. The van der Waals surface area contributed by atoms with Crippen LogP contribution in [0.25, 0.3) is 11.3 Å². The van der Waals surface area contributed by atoms with Gasteiger partial charge in [0.1, 0.15) is 23.1 Å². The van der Waals surface area contributed by atoms with Crippen LogP contribution in [0, 0.1) is 11.6 Å². The first-order valence-electron chi connectivity index (χ1n) is 10.2. The molecular formula is C23H25F2N5O2. The number of rotatable bonds is 5. The summed E-state index contributed by atoms with van der Waals surface area (Å²) in [7, 11) is 1.59. The van der Waals surface area contributed by atoms with Crippen molar-refractivity contribution in [3.05, 3.63) is 59.9 Å². The van der Waals surface area contributed by atoms with Crippen LogP contribution in [0.5, 0.6) is 5.75 Å². The van der Waals surface area contributed by atoms with E-state index in [1.54, 1.807) is 12.0 Å². The van der Waals surface area contributed by atoms with Crippen molar-refractivity contribution in [3.63, 3.8) is 0 Å². The first-order valence-corrected chi connectivity index (χ1v) is 10.2. The number of hydrogen-bond donors (Lipinski definition) is 2. The summed E-state index contributed by atoms with van der Waals surface area (Å²) >= 11 is 0. The second-order valence-electron chi connectivity index (χ2n) is 8.08. The number of aromatic nitrogens is 2. The molecule has 0 unspecified atom stereocenters. The number of carbonyl (C=O) groups is 1. The van der Waals surface area contributed by atoms with Crippen LogP contribution < -0.4 is 15.8 Å². The van der Waals surface area contributed by atoms with Crippen LogP contribution in [-0.2, 0) is 16.9 Å². The smallest absolute Gasteiger partial charge is 0.237 e. The lowest BCUT2D eigenvalue weighted by Crippen LogP contribution is -2.53. The highest BCUT2D eigenvalue weighted by molar-refractivity contribution is 5.80. The van der Waals surface area contributed by atoms with Gasteiger partial charge in [0, 0.05) is 24.3 Å². The van der Waals surface area contributed by atoms with Gasteiger partial charge in [-0.3, -0.25) is 4.79 Å². The minimum atomic E-state index is -0.955. The SMILES string of the molecule is COc1ccc(Nc2c(-c3ccc(F)c(F)c3)nc3n2CCN(C(=O)CN)C3(C)C)cc1. The Bertz CT molecular complexity index is 1160. The molecular weight excluding hydrogens is 416 g/mol. The third kappa shape index (κ3) is 3.69. The zero-order valence-electron chi connectivity index (χ0n) is 18.2. The van der Waals surface area contributed by atoms with Crippen molar-refractivity contribution in [2.24, 2.45) is 5.73 Å². The molecule has 0 bridgehead atoms. The molecule has 3 N–H and O–H groups in total. The largest absolute Gasteiger partial charge is 0.497 e. The number of nitrogens with one attached hydrogen (secondary N) is 1. The van der Waals surface area contributed by atoms with E-state index < -0.39 is 17.2 Å². The van der Waals surface area contributed by atoms with E-state index in [9.17, 15) is 13.6 Å². The highest BCUT2D eigenvalue weighted by atomic mass is 19.2. The maximum absolute atomic E-state index is 14.0. The third-order valence-corrected chi connectivity index (χ3v) is 5.76. The molecule has 0 atom stereocenters. The van der Waals surface area contributed by atoms with E-state index in [1.807, 2.05) is 42.7 Å². The highest BCUT2D eigenvalue weighted by Crippen LogP contribution is 2.39. The normalized spacial score (nSPS) is 14.8. The summed E-state index contributed by atoms with van der Waals surface area (Å²) in [5.74, 6) is -0.0945. The molecule has 7 nitrogen and oxygen atoms in total. The maximum Gasteiger partial charge on any atom is 0.237 e. The van der Waals surface area contributed by atoms with Gasteiger partial charge in [0.05, 0.1) is 19.2 Å². The lowest BCUT2D eigenvalue weighted by molar-refractivity contribution is -0.137. The molecule has 1 amide bonds. The number of anilines is 2. The van der Waals surface area contributed by atoms with E-state index in [0.717, 1.165) is 17.8 Å². The zero-order chi connectivity index (χ0) is 23.0. The number of ether oxygens (including phenoxy) is 1. The summed E-state index contributed by atoms with van der Waals surface area (Å²) in [6, 6.07) is 11.0. The van der Waals surface area contributed by atoms with Crippen LogP contribution in [0.1, 0.15) is 19.7 Å². The van der Waals surface area contributed by atoms with Crippen LogP contribution in [0.4, 0.5) is 20.3 Å². The lowest BCUT2D eigenvalue weighted by atomic mass is 9.99. The molecule has 32 heavy (non-hydrogen) atoms. The molecule has 4 rings (SSSR count). The van der Waals surface area contributed by atoms with Gasteiger partial charge in [-0.2, -0.15) is 0 Å². The van der Waals surface area contributed by atoms with Crippen LogP contribution in [0.3, 0.4) is 0 Å². The van der Waals surface area contributed by atoms with Crippen LogP contribution in [0.15, 0.2) is 42.5 Å². The Morgan fingerprint density at radius 1 is 1.16 bits per heavy atom. The zero-order valence-corrected chi connectivity index (χ0v) is 18.2. The Balaban J connectivity index is 1.85. The van der Waals surface area contributed by atoms with Gasteiger partial charge in [0.2, 0.25) is 5.91 Å². The van der Waals surface area contributed by atoms with Crippen LogP contribution >= 0.6 is 0 Å². The van der Waals surface area contributed by atoms with Gasteiger partial charge in [0.15, 0.2) is 11.6 Å². The average molecular weight is 441 g/mol. The van der Waals surface area contributed by atoms with Gasteiger partial charge >= 0.3 is 0 Å². The van der Waals surface area contributed by atoms with E-state index >= 15 is 0 Å². The van der Waals surface area contributed by atoms with Gasteiger partial charge in [0.25, 0.3) is 0 Å². The van der Waals surface area contributed by atoms with Crippen molar-refractivity contribution in [2.75, 3.05) is 25.5 Å². The standard InChI is InChI=1S/C23H25F2N5O2/c1-23(2)22-28-20(14-4-9-17(24)18(25)12-14)21(27-15-5-7-16(32-3)8-6-15)29(22)10-11-30(23)19(31)13-26/h4-9,12,27H,10-11,13,26H2,1-3H3. The number of nitrogens with zero attached hydrogens (tertiary/aromatic N) is 3. The molecule has 0 saturated carbocycles. The van der Waals surface area contributed by atoms with E-state index in [-0.39, 0.29) is 12.5 Å². The van der Waals surface area contributed by atoms with Gasteiger partial charge in [-0.1, -0.05) is 0 Å². The summed E-state index contributed by atoms with van der Waals surface area (Å²) in [6.45, 7) is 4.60. The summed E-state index contributed by atoms with van der Waals surface area (Å²) in [5, 5.41) is 3.36. The summed E-state index contributed by atoms with van der Waals surface area (Å²) < 4.78 is 34.8. The maximum atomic E-state index is 14.0. The first kappa shape index (κ1) is 21.8. The first-order chi connectivity index (χ1) is 15.3. The number of halogens is 2. The third-order valence-electron chi connectivity index (χ3n) is 5.76. The predicted octanol–water partition coefficient (Wildman–Crippen LogP) is 3.62. The molecule has 0 fully saturated rings. The van der Waals surface area contributed by atoms with Gasteiger partial charge < -0.3 is 25.3 Å². The quantitative estimate of drug-likeness (QED) is 0.632. The van der Waals surface area contributed by atoms with Crippen LogP contribution in [-0.4, -0.2) is 40.6 Å².